The highest BCUT2D eigenvalue weighted by molar-refractivity contribution is 9.10. The van der Waals surface area contributed by atoms with Crippen molar-refractivity contribution < 1.29 is 14.3 Å². The number of hydrogen-bond donors (Lipinski definition) is 1. The van der Waals surface area contributed by atoms with E-state index in [4.69, 9.17) is 5.11 Å². The first-order valence-electron chi connectivity index (χ1n) is 5.24. The molecule has 0 aliphatic heterocycles. The minimum atomic E-state index is -0.996. The van der Waals surface area contributed by atoms with E-state index in [1.165, 1.54) is 12.1 Å². The van der Waals surface area contributed by atoms with E-state index in [2.05, 4.69) is 15.9 Å². The zero-order chi connectivity index (χ0) is 13.0. The summed E-state index contributed by atoms with van der Waals surface area (Å²) < 4.78 is 14.3. The first-order valence-corrected chi connectivity index (χ1v) is 6.03. The van der Waals surface area contributed by atoms with Crippen LogP contribution in [-0.2, 0) is 4.79 Å². The molecule has 3 nitrogen and oxygen atoms in total. The number of rotatable bonds is 5. The van der Waals surface area contributed by atoms with E-state index >= 15 is 0 Å². The third kappa shape index (κ3) is 4.09. The number of hydrogen-bond acceptors (Lipinski definition) is 2. The van der Waals surface area contributed by atoms with Crippen molar-refractivity contribution >= 4 is 21.9 Å². The molecular formula is C12H15BrFNO2. The Morgan fingerprint density at radius 1 is 1.53 bits per heavy atom. The predicted octanol–water partition coefficient (Wildman–Crippen LogP) is 2.71. The molecule has 0 aromatic heterocycles. The van der Waals surface area contributed by atoms with E-state index < -0.39 is 17.7 Å². The van der Waals surface area contributed by atoms with Gasteiger partial charge in [-0.1, -0.05) is 15.9 Å². The van der Waals surface area contributed by atoms with Crippen LogP contribution in [-0.4, -0.2) is 36.6 Å². The zero-order valence-corrected chi connectivity index (χ0v) is 11.4. The number of halogens is 2. The van der Waals surface area contributed by atoms with Gasteiger partial charge in [0.25, 0.3) is 0 Å². The molecule has 0 radical (unpaired) electrons. The number of nitrogens with zero attached hydrogens (tertiary/aromatic N) is 1. The van der Waals surface area contributed by atoms with Crippen LogP contribution >= 0.6 is 15.9 Å². The fraction of sp³-hybridized carbons (Fsp3) is 0.417. The lowest BCUT2D eigenvalue weighted by Gasteiger charge is -2.16. The Morgan fingerprint density at radius 3 is 2.71 bits per heavy atom. The average molecular weight is 304 g/mol. The van der Waals surface area contributed by atoms with Crippen LogP contribution in [0.2, 0.25) is 0 Å². The summed E-state index contributed by atoms with van der Waals surface area (Å²) in [6.07, 6.45) is 0.385. The van der Waals surface area contributed by atoms with E-state index in [-0.39, 0.29) is 5.56 Å². The van der Waals surface area contributed by atoms with Gasteiger partial charge in [0.1, 0.15) is 5.82 Å². The maximum Gasteiger partial charge on any atom is 0.311 e. The van der Waals surface area contributed by atoms with Gasteiger partial charge in [-0.3, -0.25) is 4.79 Å². The molecule has 94 valence electrons. The van der Waals surface area contributed by atoms with E-state index in [1.54, 1.807) is 6.07 Å². The van der Waals surface area contributed by atoms with Crippen molar-refractivity contribution in [2.75, 3.05) is 20.6 Å². The lowest BCUT2D eigenvalue weighted by molar-refractivity contribution is -0.139. The fourth-order valence-corrected chi connectivity index (χ4v) is 1.96. The van der Waals surface area contributed by atoms with Gasteiger partial charge in [0, 0.05) is 10.0 Å². The molecule has 17 heavy (non-hydrogen) atoms. The summed E-state index contributed by atoms with van der Waals surface area (Å²) in [6.45, 7) is 0.600. The Bertz CT molecular complexity index is 409. The van der Waals surface area contributed by atoms with Crippen LogP contribution in [0.1, 0.15) is 17.9 Å². The van der Waals surface area contributed by atoms with Crippen molar-refractivity contribution in [1.82, 2.24) is 4.90 Å². The maximum atomic E-state index is 13.6. The van der Waals surface area contributed by atoms with E-state index in [0.717, 1.165) is 0 Å². The summed E-state index contributed by atoms with van der Waals surface area (Å²) in [5, 5.41) is 9.15. The van der Waals surface area contributed by atoms with Crippen molar-refractivity contribution in [1.29, 1.82) is 0 Å². The van der Waals surface area contributed by atoms with Gasteiger partial charge in [-0.05, 0) is 45.3 Å². The highest BCUT2D eigenvalue weighted by Crippen LogP contribution is 2.26. The van der Waals surface area contributed by atoms with Crippen LogP contribution < -0.4 is 0 Å². The number of carboxylic acids is 1. The second-order valence-electron chi connectivity index (χ2n) is 4.15. The Kier molecular flexibility index (Phi) is 5.08. The Labute approximate surface area is 108 Å². The lowest BCUT2D eigenvalue weighted by Crippen LogP contribution is -2.21. The monoisotopic (exact) mass is 303 g/mol. The van der Waals surface area contributed by atoms with Crippen LogP contribution in [0, 0.1) is 5.82 Å². The van der Waals surface area contributed by atoms with Crippen LogP contribution in [0.25, 0.3) is 0 Å². The number of carbonyl (C=O) groups is 1. The molecule has 1 aromatic rings. The maximum absolute atomic E-state index is 13.6. The molecule has 0 fully saturated rings. The number of carboxylic acid groups (broad SMARTS) is 1. The highest BCUT2D eigenvalue weighted by atomic mass is 79.9. The van der Waals surface area contributed by atoms with Gasteiger partial charge in [-0.2, -0.15) is 0 Å². The largest absolute Gasteiger partial charge is 0.481 e. The Morgan fingerprint density at radius 2 is 2.18 bits per heavy atom. The first kappa shape index (κ1) is 14.1. The molecule has 1 atom stereocenters. The molecule has 0 aliphatic rings. The van der Waals surface area contributed by atoms with Crippen LogP contribution in [0.5, 0.6) is 0 Å². The minimum Gasteiger partial charge on any atom is -0.481 e. The standard InChI is InChI=1S/C12H15BrFNO2/c1-15(2)6-5-9(12(16)17)10-7-8(13)3-4-11(10)14/h3-4,7,9H,5-6H2,1-2H3,(H,16,17). The van der Waals surface area contributed by atoms with Gasteiger partial charge in [0.15, 0.2) is 0 Å². The van der Waals surface area contributed by atoms with Crippen molar-refractivity contribution in [3.8, 4) is 0 Å². The molecule has 1 aromatic carbocycles. The summed E-state index contributed by atoms with van der Waals surface area (Å²) in [4.78, 5) is 13.1. The highest BCUT2D eigenvalue weighted by Gasteiger charge is 2.23. The summed E-state index contributed by atoms with van der Waals surface area (Å²) in [5.41, 5.74) is 0.230. The molecule has 0 spiro atoms. The van der Waals surface area contributed by atoms with E-state index in [0.29, 0.717) is 17.4 Å². The molecule has 1 rings (SSSR count). The molecule has 0 amide bonds. The average Bonchev–Trinajstić information content (AvgIpc) is 2.22. The Balaban J connectivity index is 2.97. The van der Waals surface area contributed by atoms with Gasteiger partial charge < -0.3 is 10.0 Å². The zero-order valence-electron chi connectivity index (χ0n) is 9.78. The SMILES string of the molecule is CN(C)CCC(C(=O)O)c1cc(Br)ccc1F. The molecule has 0 saturated carbocycles. The molecule has 1 N–H and O–H groups in total. The first-order chi connectivity index (χ1) is 7.91. The molecular weight excluding hydrogens is 289 g/mol. The summed E-state index contributed by atoms with van der Waals surface area (Å²) in [6, 6.07) is 4.37. The van der Waals surface area contributed by atoms with Crippen molar-refractivity contribution in [3.63, 3.8) is 0 Å². The second-order valence-corrected chi connectivity index (χ2v) is 5.06. The Hall–Kier alpha value is -0.940. The summed E-state index contributed by atoms with van der Waals surface area (Å²) in [7, 11) is 3.71. The van der Waals surface area contributed by atoms with Crippen LogP contribution in [0.15, 0.2) is 22.7 Å². The number of benzene rings is 1. The predicted molar refractivity (Wildman–Crippen MR) is 67.6 cm³/mol. The third-order valence-corrected chi connectivity index (χ3v) is 2.99. The summed E-state index contributed by atoms with van der Waals surface area (Å²) >= 11 is 3.22. The van der Waals surface area contributed by atoms with Gasteiger partial charge in [0.2, 0.25) is 0 Å². The molecule has 0 saturated heterocycles. The molecule has 1 unspecified atom stereocenters. The molecule has 0 heterocycles. The second kappa shape index (κ2) is 6.12. The van der Waals surface area contributed by atoms with Crippen LogP contribution in [0.3, 0.4) is 0 Å². The van der Waals surface area contributed by atoms with Crippen molar-refractivity contribution in [3.05, 3.63) is 34.1 Å². The van der Waals surface area contributed by atoms with E-state index in [1.807, 2.05) is 19.0 Å². The van der Waals surface area contributed by atoms with Crippen molar-refractivity contribution in [2.45, 2.75) is 12.3 Å². The van der Waals surface area contributed by atoms with Gasteiger partial charge in [0.05, 0.1) is 5.92 Å². The molecule has 0 bridgehead atoms. The van der Waals surface area contributed by atoms with Gasteiger partial charge in [-0.25, -0.2) is 4.39 Å². The van der Waals surface area contributed by atoms with Gasteiger partial charge in [-0.15, -0.1) is 0 Å². The normalized spacial score (nSPS) is 12.8. The minimum absolute atomic E-state index is 0.230. The van der Waals surface area contributed by atoms with Gasteiger partial charge >= 0.3 is 5.97 Å². The van der Waals surface area contributed by atoms with Crippen LogP contribution in [0.4, 0.5) is 4.39 Å². The quantitative estimate of drug-likeness (QED) is 0.909. The molecule has 0 aliphatic carbocycles. The number of aliphatic carboxylic acids is 1. The fourth-order valence-electron chi connectivity index (χ4n) is 1.58. The topological polar surface area (TPSA) is 40.5 Å². The smallest absolute Gasteiger partial charge is 0.311 e. The molecule has 5 heteroatoms. The third-order valence-electron chi connectivity index (χ3n) is 2.50. The van der Waals surface area contributed by atoms with E-state index in [9.17, 15) is 9.18 Å². The summed E-state index contributed by atoms with van der Waals surface area (Å²) in [5.74, 6) is -2.28. The lowest BCUT2D eigenvalue weighted by atomic mass is 9.95. The van der Waals surface area contributed by atoms with Crippen molar-refractivity contribution in [2.24, 2.45) is 0 Å².